The Morgan fingerprint density at radius 2 is 2.10 bits per heavy atom. The molecule has 31 heavy (non-hydrogen) atoms. The fourth-order valence-electron chi connectivity index (χ4n) is 5.32. The summed E-state index contributed by atoms with van der Waals surface area (Å²) < 4.78 is 0. The SMILES string of the molecule is O=C(/C=C/c1cnc[nH]1)N1CCC(C2c3ccc(Cl)cc3CCC3=CC=CNC32)CC1. The average molecular weight is 435 g/mol. The Bertz CT molecular complexity index is 1030. The molecule has 5 nitrogen and oxygen atoms in total. The van der Waals surface area contributed by atoms with Crippen LogP contribution < -0.4 is 5.32 Å². The number of benzene rings is 1. The smallest absolute Gasteiger partial charge is 0.246 e. The fraction of sp³-hybridized carbons (Fsp3) is 0.360. The molecule has 0 saturated carbocycles. The molecule has 1 aromatic heterocycles. The summed E-state index contributed by atoms with van der Waals surface area (Å²) in [6, 6.07) is 6.73. The van der Waals surface area contributed by atoms with Crippen LogP contribution in [0.25, 0.3) is 6.08 Å². The first-order valence-corrected chi connectivity index (χ1v) is 11.4. The van der Waals surface area contributed by atoms with Gasteiger partial charge >= 0.3 is 0 Å². The number of hydrogen-bond donors (Lipinski definition) is 2. The summed E-state index contributed by atoms with van der Waals surface area (Å²) >= 11 is 6.34. The van der Waals surface area contributed by atoms with Gasteiger partial charge < -0.3 is 15.2 Å². The zero-order valence-electron chi connectivity index (χ0n) is 17.4. The van der Waals surface area contributed by atoms with Crippen molar-refractivity contribution in [2.24, 2.45) is 5.92 Å². The van der Waals surface area contributed by atoms with E-state index in [2.05, 4.69) is 45.8 Å². The largest absolute Gasteiger partial charge is 0.384 e. The van der Waals surface area contributed by atoms with Crippen molar-refractivity contribution >= 4 is 23.6 Å². The zero-order chi connectivity index (χ0) is 21.2. The zero-order valence-corrected chi connectivity index (χ0v) is 18.2. The topological polar surface area (TPSA) is 61.0 Å². The van der Waals surface area contributed by atoms with Crippen molar-refractivity contribution in [2.45, 2.75) is 37.6 Å². The second-order valence-corrected chi connectivity index (χ2v) is 9.05. The summed E-state index contributed by atoms with van der Waals surface area (Å²) in [6.45, 7) is 1.58. The first kappa shape index (κ1) is 20.1. The van der Waals surface area contributed by atoms with Crippen molar-refractivity contribution in [2.75, 3.05) is 13.1 Å². The van der Waals surface area contributed by atoms with Crippen LogP contribution in [-0.2, 0) is 11.2 Å². The number of fused-ring (bicyclic) bond motifs is 2. The lowest BCUT2D eigenvalue weighted by molar-refractivity contribution is -0.127. The molecule has 2 unspecified atom stereocenters. The van der Waals surface area contributed by atoms with Crippen LogP contribution in [0.15, 0.2) is 60.7 Å². The first-order chi connectivity index (χ1) is 15.2. The van der Waals surface area contributed by atoms with Gasteiger partial charge in [0.1, 0.15) is 0 Å². The second-order valence-electron chi connectivity index (χ2n) is 8.62. The fourth-order valence-corrected chi connectivity index (χ4v) is 5.51. The monoisotopic (exact) mass is 434 g/mol. The molecule has 5 rings (SSSR count). The third-order valence-electron chi connectivity index (χ3n) is 6.87. The molecule has 2 aromatic rings. The number of dihydropyridines is 1. The summed E-state index contributed by atoms with van der Waals surface area (Å²) in [4.78, 5) is 21.6. The van der Waals surface area contributed by atoms with Crippen LogP contribution >= 0.6 is 11.6 Å². The predicted octanol–water partition coefficient (Wildman–Crippen LogP) is 4.46. The van der Waals surface area contributed by atoms with Crippen LogP contribution in [0.4, 0.5) is 0 Å². The molecule has 1 aliphatic carbocycles. The Morgan fingerprint density at radius 1 is 1.23 bits per heavy atom. The maximum atomic E-state index is 12.7. The average Bonchev–Trinajstić information content (AvgIpc) is 3.26. The van der Waals surface area contributed by atoms with Gasteiger partial charge in [0.15, 0.2) is 0 Å². The minimum Gasteiger partial charge on any atom is -0.384 e. The number of piperidine rings is 1. The molecule has 1 aromatic carbocycles. The second kappa shape index (κ2) is 8.75. The maximum Gasteiger partial charge on any atom is 0.246 e. The highest BCUT2D eigenvalue weighted by molar-refractivity contribution is 6.30. The highest BCUT2D eigenvalue weighted by Crippen LogP contribution is 2.43. The molecule has 6 heteroatoms. The number of halogens is 1. The standard InChI is InChI=1S/C25H27ClN4O/c26-20-5-7-22-19(14-20)4-3-18-2-1-11-28-25(18)24(22)17-9-12-30(13-10-17)23(31)8-6-21-15-27-16-29-21/h1-2,5-8,11,14-17,24-25,28H,3-4,9-10,12-13H2,(H,27,29)/b8-6+. The van der Waals surface area contributed by atoms with Gasteiger partial charge in [-0.2, -0.15) is 0 Å². The molecule has 2 aliphatic heterocycles. The van der Waals surface area contributed by atoms with Crippen LogP contribution in [-0.4, -0.2) is 39.9 Å². The number of allylic oxidation sites excluding steroid dienone is 2. The number of nitrogens with zero attached hydrogens (tertiary/aromatic N) is 2. The van der Waals surface area contributed by atoms with Crippen molar-refractivity contribution in [1.29, 1.82) is 0 Å². The highest BCUT2D eigenvalue weighted by Gasteiger charge is 2.38. The van der Waals surface area contributed by atoms with E-state index in [0.29, 0.717) is 17.9 Å². The number of amides is 1. The van der Waals surface area contributed by atoms with E-state index in [9.17, 15) is 4.79 Å². The van der Waals surface area contributed by atoms with Crippen molar-refractivity contribution in [1.82, 2.24) is 20.2 Å². The number of aromatic amines is 1. The Hall–Kier alpha value is -2.79. The molecule has 2 N–H and O–H groups in total. The molecule has 3 heterocycles. The van der Waals surface area contributed by atoms with Crippen molar-refractivity contribution < 1.29 is 4.79 Å². The maximum absolute atomic E-state index is 12.7. The van der Waals surface area contributed by atoms with Crippen molar-refractivity contribution in [3.63, 3.8) is 0 Å². The third-order valence-corrected chi connectivity index (χ3v) is 7.11. The van der Waals surface area contributed by atoms with Gasteiger partial charge in [-0.15, -0.1) is 0 Å². The van der Waals surface area contributed by atoms with Gasteiger partial charge in [-0.05, 0) is 78.8 Å². The number of likely N-dealkylation sites (tertiary alicyclic amines) is 1. The third kappa shape index (κ3) is 4.19. The summed E-state index contributed by atoms with van der Waals surface area (Å²) in [5.41, 5.74) is 5.11. The summed E-state index contributed by atoms with van der Waals surface area (Å²) in [5.74, 6) is 0.982. The molecule has 0 bridgehead atoms. The number of carbonyl (C=O) groups excluding carboxylic acids is 1. The van der Waals surface area contributed by atoms with E-state index >= 15 is 0 Å². The number of nitrogens with one attached hydrogen (secondary N) is 2. The van der Waals surface area contributed by atoms with Crippen molar-refractivity contribution in [3.8, 4) is 0 Å². The Balaban J connectivity index is 1.34. The van der Waals surface area contributed by atoms with Gasteiger partial charge in [0, 0.05) is 30.1 Å². The van der Waals surface area contributed by atoms with Gasteiger partial charge in [-0.3, -0.25) is 4.79 Å². The summed E-state index contributed by atoms with van der Waals surface area (Å²) in [5, 5.41) is 4.46. The van der Waals surface area contributed by atoms with Gasteiger partial charge in [0.25, 0.3) is 0 Å². The van der Waals surface area contributed by atoms with Crippen LogP contribution in [0.1, 0.15) is 42.0 Å². The summed E-state index contributed by atoms with van der Waals surface area (Å²) in [6.07, 6.45) is 17.3. The van der Waals surface area contributed by atoms with Gasteiger partial charge in [0.05, 0.1) is 24.3 Å². The van der Waals surface area contributed by atoms with E-state index in [1.54, 1.807) is 24.7 Å². The number of H-pyrrole nitrogens is 1. The van der Waals surface area contributed by atoms with Crippen LogP contribution in [0.2, 0.25) is 5.02 Å². The molecule has 160 valence electrons. The normalized spacial score (nSPS) is 23.6. The molecule has 3 aliphatic rings. The molecule has 1 saturated heterocycles. The molecular weight excluding hydrogens is 408 g/mol. The Labute approximate surface area is 187 Å². The summed E-state index contributed by atoms with van der Waals surface area (Å²) in [7, 11) is 0. The van der Waals surface area contributed by atoms with E-state index in [1.807, 2.05) is 11.0 Å². The number of rotatable bonds is 3. The van der Waals surface area contributed by atoms with E-state index in [-0.39, 0.29) is 5.91 Å². The highest BCUT2D eigenvalue weighted by atomic mass is 35.5. The Morgan fingerprint density at radius 3 is 2.90 bits per heavy atom. The molecular formula is C25H27ClN4O. The minimum atomic E-state index is 0.0698. The quantitative estimate of drug-likeness (QED) is 0.701. The lowest BCUT2D eigenvalue weighted by atomic mass is 9.73. The van der Waals surface area contributed by atoms with Gasteiger partial charge in [-0.25, -0.2) is 4.98 Å². The molecule has 0 spiro atoms. The molecule has 0 radical (unpaired) electrons. The number of imidazole rings is 1. The Kier molecular flexibility index (Phi) is 5.68. The van der Waals surface area contributed by atoms with Crippen molar-refractivity contribution in [3.05, 3.63) is 82.6 Å². The van der Waals surface area contributed by atoms with Crippen LogP contribution in [0.5, 0.6) is 0 Å². The number of hydrogen-bond acceptors (Lipinski definition) is 3. The molecule has 2 atom stereocenters. The predicted molar refractivity (Wildman–Crippen MR) is 124 cm³/mol. The van der Waals surface area contributed by atoms with Gasteiger partial charge in [0.2, 0.25) is 5.91 Å². The molecule has 1 amide bonds. The van der Waals surface area contributed by atoms with Crippen LogP contribution in [0, 0.1) is 5.92 Å². The molecule has 1 fully saturated rings. The number of aromatic nitrogens is 2. The lowest BCUT2D eigenvalue weighted by Crippen LogP contribution is -2.44. The number of carbonyl (C=O) groups is 1. The number of aryl methyl sites for hydroxylation is 1. The van der Waals surface area contributed by atoms with Gasteiger partial charge in [-0.1, -0.05) is 23.7 Å². The lowest BCUT2D eigenvalue weighted by Gasteiger charge is -2.40. The minimum absolute atomic E-state index is 0.0698. The van der Waals surface area contributed by atoms with E-state index in [4.69, 9.17) is 11.6 Å². The van der Waals surface area contributed by atoms with E-state index in [0.717, 1.165) is 49.5 Å². The van der Waals surface area contributed by atoms with Crippen LogP contribution in [0.3, 0.4) is 0 Å². The first-order valence-electron chi connectivity index (χ1n) is 11.0. The van der Waals surface area contributed by atoms with E-state index < -0.39 is 0 Å². The van der Waals surface area contributed by atoms with E-state index in [1.165, 1.54) is 16.7 Å².